The zero-order valence-electron chi connectivity index (χ0n) is 7.74. The minimum Gasteiger partial charge on any atom is -0.392 e. The van der Waals surface area contributed by atoms with Gasteiger partial charge in [0.15, 0.2) is 0 Å². The molecular formula is C11H18O. The summed E-state index contributed by atoms with van der Waals surface area (Å²) in [6.07, 6.45) is 15.3. The Bertz CT molecular complexity index is 154. The predicted molar refractivity (Wildman–Crippen MR) is 54.0 cm³/mol. The van der Waals surface area contributed by atoms with Crippen LogP contribution in [-0.2, 0) is 0 Å². The molecule has 0 rings (SSSR count). The number of unbranched alkanes of at least 4 members (excludes halogenated alkanes) is 2. The average molecular weight is 166 g/mol. The number of hydrogen-bond acceptors (Lipinski definition) is 1. The van der Waals surface area contributed by atoms with Crippen LogP contribution in [0.3, 0.4) is 0 Å². The van der Waals surface area contributed by atoms with Crippen molar-refractivity contribution in [3.05, 3.63) is 36.5 Å². The lowest BCUT2D eigenvalue weighted by molar-refractivity contribution is 0.343. The summed E-state index contributed by atoms with van der Waals surface area (Å²) in [6.45, 7) is 2.30. The van der Waals surface area contributed by atoms with Gasteiger partial charge < -0.3 is 5.11 Å². The molecule has 0 atom stereocenters. The zero-order valence-corrected chi connectivity index (χ0v) is 7.74. The monoisotopic (exact) mass is 166 g/mol. The van der Waals surface area contributed by atoms with Crippen LogP contribution in [0.4, 0.5) is 0 Å². The van der Waals surface area contributed by atoms with E-state index in [0.29, 0.717) is 0 Å². The first-order valence-electron chi connectivity index (χ1n) is 4.51. The molecule has 0 saturated carbocycles. The lowest BCUT2D eigenvalue weighted by Crippen LogP contribution is -1.67. The molecule has 0 saturated heterocycles. The minimum atomic E-state index is 0.115. The van der Waals surface area contributed by atoms with Crippen molar-refractivity contribution in [3.63, 3.8) is 0 Å². The van der Waals surface area contributed by atoms with E-state index in [2.05, 4.69) is 13.0 Å². The molecule has 12 heavy (non-hydrogen) atoms. The highest BCUT2D eigenvalue weighted by molar-refractivity contribution is 5.10. The van der Waals surface area contributed by atoms with E-state index >= 15 is 0 Å². The van der Waals surface area contributed by atoms with Crippen LogP contribution in [0.25, 0.3) is 0 Å². The Labute approximate surface area is 75.1 Å². The molecule has 1 N–H and O–H groups in total. The van der Waals surface area contributed by atoms with E-state index in [1.54, 1.807) is 6.08 Å². The van der Waals surface area contributed by atoms with Crippen LogP contribution in [0.1, 0.15) is 26.2 Å². The molecule has 0 heterocycles. The maximum atomic E-state index is 8.40. The molecule has 0 radical (unpaired) electrons. The summed E-state index contributed by atoms with van der Waals surface area (Å²) >= 11 is 0. The van der Waals surface area contributed by atoms with Crippen molar-refractivity contribution in [1.29, 1.82) is 0 Å². The molecule has 0 fully saturated rings. The van der Waals surface area contributed by atoms with E-state index < -0.39 is 0 Å². The van der Waals surface area contributed by atoms with Gasteiger partial charge in [-0.25, -0.2) is 0 Å². The molecule has 0 bridgehead atoms. The van der Waals surface area contributed by atoms with Gasteiger partial charge in [-0.2, -0.15) is 0 Å². The van der Waals surface area contributed by atoms with E-state index in [9.17, 15) is 0 Å². The first-order chi connectivity index (χ1) is 5.91. The molecule has 0 amide bonds. The Morgan fingerprint density at radius 2 is 1.67 bits per heavy atom. The molecule has 0 aromatic rings. The molecule has 0 aliphatic carbocycles. The number of aliphatic hydroxyl groups excluding tert-OH is 1. The molecule has 0 unspecified atom stereocenters. The van der Waals surface area contributed by atoms with Crippen LogP contribution in [0.2, 0.25) is 0 Å². The molecule has 0 spiro atoms. The van der Waals surface area contributed by atoms with Gasteiger partial charge in [0.2, 0.25) is 0 Å². The summed E-state index contributed by atoms with van der Waals surface area (Å²) in [5.41, 5.74) is 0. The molecule has 0 aliphatic rings. The van der Waals surface area contributed by atoms with Crippen molar-refractivity contribution in [1.82, 2.24) is 0 Å². The zero-order chi connectivity index (χ0) is 9.07. The Morgan fingerprint density at radius 1 is 1.00 bits per heavy atom. The summed E-state index contributed by atoms with van der Waals surface area (Å²) in [5.74, 6) is 0. The molecule has 68 valence electrons. The molecule has 1 nitrogen and oxygen atoms in total. The number of aliphatic hydroxyl groups is 1. The molecule has 1 heteroatoms. The van der Waals surface area contributed by atoms with Gasteiger partial charge in [0, 0.05) is 0 Å². The lowest BCUT2D eigenvalue weighted by Gasteiger charge is -1.85. The summed E-state index contributed by atoms with van der Waals surface area (Å²) in [6, 6.07) is 0. The van der Waals surface area contributed by atoms with Crippen molar-refractivity contribution < 1.29 is 5.11 Å². The largest absolute Gasteiger partial charge is 0.392 e. The fourth-order valence-corrected chi connectivity index (χ4v) is 0.764. The second-order valence-electron chi connectivity index (χ2n) is 2.57. The number of hydrogen-bond donors (Lipinski definition) is 1. The molecular weight excluding hydrogens is 148 g/mol. The molecule has 0 aliphatic heterocycles. The second kappa shape index (κ2) is 10.2. The summed E-state index contributed by atoms with van der Waals surface area (Å²) in [5, 5.41) is 8.40. The van der Waals surface area contributed by atoms with Crippen LogP contribution >= 0.6 is 0 Å². The lowest BCUT2D eigenvalue weighted by atomic mass is 10.2. The van der Waals surface area contributed by atoms with Gasteiger partial charge in [-0.15, -0.1) is 0 Å². The van der Waals surface area contributed by atoms with Crippen molar-refractivity contribution in [2.24, 2.45) is 0 Å². The molecule has 0 aromatic carbocycles. The normalized spacial score (nSPS) is 12.5. The van der Waals surface area contributed by atoms with Gasteiger partial charge >= 0.3 is 0 Å². The van der Waals surface area contributed by atoms with Crippen LogP contribution < -0.4 is 0 Å². The van der Waals surface area contributed by atoms with Gasteiger partial charge in [-0.3, -0.25) is 0 Å². The third-order valence-corrected chi connectivity index (χ3v) is 1.44. The summed E-state index contributed by atoms with van der Waals surface area (Å²) in [7, 11) is 0. The van der Waals surface area contributed by atoms with E-state index in [-0.39, 0.29) is 6.61 Å². The first-order valence-corrected chi connectivity index (χ1v) is 4.51. The minimum absolute atomic E-state index is 0.115. The van der Waals surface area contributed by atoms with Crippen LogP contribution in [0.5, 0.6) is 0 Å². The Morgan fingerprint density at radius 3 is 2.25 bits per heavy atom. The topological polar surface area (TPSA) is 20.2 Å². The fraction of sp³-hybridized carbons (Fsp3) is 0.455. The Hall–Kier alpha value is -0.820. The van der Waals surface area contributed by atoms with Crippen LogP contribution in [0, 0.1) is 0 Å². The SMILES string of the molecule is CCCCC=CC=CC=CCO. The maximum absolute atomic E-state index is 8.40. The van der Waals surface area contributed by atoms with Crippen LogP contribution in [-0.4, -0.2) is 11.7 Å². The van der Waals surface area contributed by atoms with Crippen molar-refractivity contribution in [2.45, 2.75) is 26.2 Å². The fourth-order valence-electron chi connectivity index (χ4n) is 0.764. The highest BCUT2D eigenvalue weighted by Crippen LogP contribution is 1.94. The predicted octanol–water partition coefficient (Wildman–Crippen LogP) is 2.84. The average Bonchev–Trinajstić information content (AvgIpc) is 2.10. The van der Waals surface area contributed by atoms with Gasteiger partial charge in [0.05, 0.1) is 6.61 Å². The van der Waals surface area contributed by atoms with E-state index in [1.165, 1.54) is 12.8 Å². The van der Waals surface area contributed by atoms with Gasteiger partial charge in [0.25, 0.3) is 0 Å². The maximum Gasteiger partial charge on any atom is 0.0615 e. The highest BCUT2D eigenvalue weighted by atomic mass is 16.2. The van der Waals surface area contributed by atoms with E-state index in [0.717, 1.165) is 6.42 Å². The third kappa shape index (κ3) is 9.18. The van der Waals surface area contributed by atoms with Gasteiger partial charge in [0.1, 0.15) is 0 Å². The summed E-state index contributed by atoms with van der Waals surface area (Å²) < 4.78 is 0. The van der Waals surface area contributed by atoms with Crippen molar-refractivity contribution in [3.8, 4) is 0 Å². The standard InChI is InChI=1S/C11H18O/c1-2-3-4-5-6-7-8-9-10-11-12/h5-10,12H,2-4,11H2,1H3. The van der Waals surface area contributed by atoms with E-state index in [1.807, 2.05) is 24.3 Å². The quantitative estimate of drug-likeness (QED) is 0.475. The Kier molecular flexibility index (Phi) is 9.48. The van der Waals surface area contributed by atoms with Gasteiger partial charge in [-0.05, 0) is 6.42 Å². The summed E-state index contributed by atoms with van der Waals surface area (Å²) in [4.78, 5) is 0. The molecule has 0 aromatic heterocycles. The first kappa shape index (κ1) is 11.2. The number of rotatable bonds is 6. The smallest absolute Gasteiger partial charge is 0.0615 e. The van der Waals surface area contributed by atoms with E-state index in [4.69, 9.17) is 5.11 Å². The van der Waals surface area contributed by atoms with Crippen LogP contribution in [0.15, 0.2) is 36.5 Å². The number of allylic oxidation sites excluding steroid dienone is 5. The van der Waals surface area contributed by atoms with Crippen molar-refractivity contribution >= 4 is 0 Å². The van der Waals surface area contributed by atoms with Crippen molar-refractivity contribution in [2.75, 3.05) is 6.61 Å². The van der Waals surface area contributed by atoms with Gasteiger partial charge in [-0.1, -0.05) is 56.2 Å². The third-order valence-electron chi connectivity index (χ3n) is 1.44. The Balaban J connectivity index is 3.32. The second-order valence-corrected chi connectivity index (χ2v) is 2.57. The highest BCUT2D eigenvalue weighted by Gasteiger charge is 1.74.